The third-order valence-corrected chi connectivity index (χ3v) is 9.34. The van der Waals surface area contributed by atoms with Crippen LogP contribution < -0.4 is 20.6 Å². The highest BCUT2D eigenvalue weighted by atomic mass is 32.2. The number of nitrogens with one attached hydrogen (secondary N) is 2. The molecule has 1 aliphatic heterocycles. The van der Waals surface area contributed by atoms with E-state index in [2.05, 4.69) is 9.44 Å². The summed E-state index contributed by atoms with van der Waals surface area (Å²) >= 11 is 0. The zero-order valence-corrected chi connectivity index (χ0v) is 23.9. The predicted molar refractivity (Wildman–Crippen MR) is 150 cm³/mol. The topological polar surface area (TPSA) is 183 Å². The van der Waals surface area contributed by atoms with Gasteiger partial charge in [-0.15, -0.1) is 0 Å². The number of piperazine rings is 1. The minimum atomic E-state index is -3.49. The van der Waals surface area contributed by atoms with Gasteiger partial charge in [-0.25, -0.2) is 26.3 Å². The van der Waals surface area contributed by atoms with Gasteiger partial charge in [0.15, 0.2) is 11.5 Å². The average Bonchev–Trinajstić information content (AvgIpc) is 2.92. The van der Waals surface area contributed by atoms with E-state index in [0.29, 0.717) is 52.1 Å². The standard InChI is InChI=1S/C24H38N6O8S2/c31-21-5-1-9-29(23(21)33)11-3-7-25-39(35,36)19-17-27-13-15-28(16-14-27)18-20-40(37,38)26-8-4-12-30-10-2-6-22(32)24(30)34/h1-2,5-6,9-10,25-26,31-32H,3-4,7-8,11-20H2. The highest BCUT2D eigenvalue weighted by Crippen LogP contribution is 2.04. The summed E-state index contributed by atoms with van der Waals surface area (Å²) in [6.45, 7) is 4.14. The molecule has 40 heavy (non-hydrogen) atoms. The molecule has 0 amide bonds. The molecule has 3 rings (SSSR count). The molecule has 2 aromatic heterocycles. The first-order valence-electron chi connectivity index (χ1n) is 13.1. The lowest BCUT2D eigenvalue weighted by atomic mass is 10.3. The number of hydrogen-bond donors (Lipinski definition) is 4. The van der Waals surface area contributed by atoms with Crippen molar-refractivity contribution in [3.05, 3.63) is 57.4 Å². The van der Waals surface area contributed by atoms with Crippen molar-refractivity contribution in [3.63, 3.8) is 0 Å². The van der Waals surface area contributed by atoms with Gasteiger partial charge in [0, 0.05) is 77.8 Å². The molecular formula is C24H38N6O8S2. The molecule has 16 heteroatoms. The summed E-state index contributed by atoms with van der Waals surface area (Å²) in [6.07, 6.45) is 3.87. The first kappa shape index (κ1) is 31.8. The van der Waals surface area contributed by atoms with Crippen molar-refractivity contribution in [1.82, 2.24) is 28.4 Å². The van der Waals surface area contributed by atoms with Crippen molar-refractivity contribution in [2.45, 2.75) is 25.9 Å². The average molecular weight is 603 g/mol. The Hall–Kier alpha value is -2.76. The maximum Gasteiger partial charge on any atom is 0.292 e. The molecule has 3 heterocycles. The quantitative estimate of drug-likeness (QED) is 0.163. The van der Waals surface area contributed by atoms with Crippen LogP contribution in [0.3, 0.4) is 0 Å². The smallest absolute Gasteiger partial charge is 0.292 e. The molecule has 0 spiro atoms. The number of pyridine rings is 2. The molecule has 0 aliphatic carbocycles. The lowest BCUT2D eigenvalue weighted by Crippen LogP contribution is -2.49. The second kappa shape index (κ2) is 14.7. The summed E-state index contributed by atoms with van der Waals surface area (Å²) in [6, 6.07) is 5.70. The van der Waals surface area contributed by atoms with Gasteiger partial charge in [0.25, 0.3) is 11.1 Å². The highest BCUT2D eigenvalue weighted by Gasteiger charge is 2.21. The fourth-order valence-corrected chi connectivity index (χ4v) is 6.43. The molecule has 0 unspecified atom stereocenters. The number of sulfonamides is 2. The zero-order chi connectivity index (χ0) is 29.2. The van der Waals surface area contributed by atoms with E-state index in [4.69, 9.17) is 0 Å². The van der Waals surface area contributed by atoms with E-state index in [1.807, 2.05) is 9.80 Å². The second-order valence-electron chi connectivity index (χ2n) is 9.60. The van der Waals surface area contributed by atoms with Crippen molar-refractivity contribution < 1.29 is 27.0 Å². The Morgan fingerprint density at radius 3 is 1.40 bits per heavy atom. The van der Waals surface area contributed by atoms with E-state index in [1.54, 1.807) is 12.1 Å². The summed E-state index contributed by atoms with van der Waals surface area (Å²) in [5, 5.41) is 18.9. The highest BCUT2D eigenvalue weighted by molar-refractivity contribution is 7.89. The maximum absolute atomic E-state index is 12.3. The Balaban J connectivity index is 1.27. The fourth-order valence-electron chi connectivity index (χ4n) is 4.23. The molecule has 1 saturated heterocycles. The fraction of sp³-hybridized carbons (Fsp3) is 0.583. The molecule has 1 aliphatic rings. The van der Waals surface area contributed by atoms with Crippen LogP contribution in [-0.4, -0.2) is 110 Å². The van der Waals surface area contributed by atoms with Gasteiger partial charge in [0.2, 0.25) is 20.0 Å². The molecule has 2 aromatic rings. The van der Waals surface area contributed by atoms with E-state index < -0.39 is 31.2 Å². The summed E-state index contributed by atoms with van der Waals surface area (Å²) < 4.78 is 57.1. The van der Waals surface area contributed by atoms with Crippen LogP contribution in [0.4, 0.5) is 0 Å². The number of aromatic hydroxyl groups is 2. The maximum atomic E-state index is 12.3. The molecule has 14 nitrogen and oxygen atoms in total. The minimum Gasteiger partial charge on any atom is -0.503 e. The van der Waals surface area contributed by atoms with Gasteiger partial charge in [-0.3, -0.25) is 19.4 Å². The number of rotatable bonds is 16. The van der Waals surface area contributed by atoms with Crippen LogP contribution in [0.15, 0.2) is 46.2 Å². The third kappa shape index (κ3) is 10.3. The molecule has 0 radical (unpaired) electrons. The van der Waals surface area contributed by atoms with Crippen LogP contribution in [0.1, 0.15) is 12.8 Å². The number of hydrogen-bond acceptors (Lipinski definition) is 10. The van der Waals surface area contributed by atoms with Gasteiger partial charge in [-0.2, -0.15) is 0 Å². The minimum absolute atomic E-state index is 0.0634. The van der Waals surface area contributed by atoms with Gasteiger partial charge in [0.1, 0.15) is 0 Å². The van der Waals surface area contributed by atoms with Crippen molar-refractivity contribution in [1.29, 1.82) is 0 Å². The van der Waals surface area contributed by atoms with Crippen LogP contribution in [0.25, 0.3) is 0 Å². The Labute approximate surface area is 234 Å². The number of aryl methyl sites for hydroxylation is 2. The Kier molecular flexibility index (Phi) is 11.7. The first-order valence-corrected chi connectivity index (χ1v) is 16.4. The number of aromatic nitrogens is 2. The largest absolute Gasteiger partial charge is 0.503 e. The van der Waals surface area contributed by atoms with E-state index >= 15 is 0 Å². The second-order valence-corrected chi connectivity index (χ2v) is 13.5. The van der Waals surface area contributed by atoms with E-state index in [-0.39, 0.29) is 49.2 Å². The molecular weight excluding hydrogens is 564 g/mol. The van der Waals surface area contributed by atoms with Gasteiger partial charge in [-0.05, 0) is 37.1 Å². The van der Waals surface area contributed by atoms with Crippen molar-refractivity contribution in [2.75, 3.05) is 63.9 Å². The molecule has 224 valence electrons. The van der Waals surface area contributed by atoms with E-state index in [1.165, 1.54) is 33.7 Å². The normalized spacial score (nSPS) is 15.4. The number of nitrogens with zero attached hydrogens (tertiary/aromatic N) is 4. The Morgan fingerprint density at radius 1 is 0.650 bits per heavy atom. The molecule has 4 N–H and O–H groups in total. The van der Waals surface area contributed by atoms with Crippen LogP contribution >= 0.6 is 0 Å². The lowest BCUT2D eigenvalue weighted by molar-refractivity contribution is 0.143. The third-order valence-electron chi connectivity index (χ3n) is 6.61. The van der Waals surface area contributed by atoms with Crippen LogP contribution in [0.2, 0.25) is 0 Å². The molecule has 0 aromatic carbocycles. The van der Waals surface area contributed by atoms with Gasteiger partial charge >= 0.3 is 0 Å². The monoisotopic (exact) mass is 602 g/mol. The first-order chi connectivity index (χ1) is 19.0. The van der Waals surface area contributed by atoms with Gasteiger partial charge in [-0.1, -0.05) is 0 Å². The summed E-state index contributed by atoms with van der Waals surface area (Å²) in [4.78, 5) is 27.6. The summed E-state index contributed by atoms with van der Waals surface area (Å²) in [5.74, 6) is -0.823. The van der Waals surface area contributed by atoms with E-state index in [0.717, 1.165) is 0 Å². The SMILES string of the molecule is O=c1c(O)cccn1CCCNS(=O)(=O)CCN1CCN(CCS(=O)(=O)NCCCn2cccc(O)c2=O)CC1. The van der Waals surface area contributed by atoms with Crippen molar-refractivity contribution in [3.8, 4) is 11.5 Å². The van der Waals surface area contributed by atoms with Crippen LogP contribution in [0, 0.1) is 0 Å². The Bertz CT molecular complexity index is 1320. The van der Waals surface area contributed by atoms with Crippen molar-refractivity contribution >= 4 is 20.0 Å². The lowest BCUT2D eigenvalue weighted by Gasteiger charge is -2.34. The van der Waals surface area contributed by atoms with Gasteiger partial charge in [0.05, 0.1) is 11.5 Å². The Morgan fingerprint density at radius 2 is 1.02 bits per heavy atom. The van der Waals surface area contributed by atoms with Gasteiger partial charge < -0.3 is 19.3 Å². The van der Waals surface area contributed by atoms with E-state index in [9.17, 15) is 36.6 Å². The summed E-state index contributed by atoms with van der Waals surface area (Å²) in [5.41, 5.74) is -1.03. The molecule has 0 bridgehead atoms. The summed E-state index contributed by atoms with van der Waals surface area (Å²) in [7, 11) is -6.98. The predicted octanol–water partition coefficient (Wildman–Crippen LogP) is -1.64. The van der Waals surface area contributed by atoms with Crippen LogP contribution in [-0.2, 0) is 33.1 Å². The zero-order valence-electron chi connectivity index (χ0n) is 22.3. The molecule has 1 fully saturated rings. The van der Waals surface area contributed by atoms with Crippen molar-refractivity contribution in [2.24, 2.45) is 0 Å². The molecule has 0 atom stereocenters. The van der Waals surface area contributed by atoms with Crippen LogP contribution in [0.5, 0.6) is 11.5 Å². The molecule has 0 saturated carbocycles.